The van der Waals surface area contributed by atoms with Crippen molar-refractivity contribution >= 4 is 21.4 Å². The van der Waals surface area contributed by atoms with Gasteiger partial charge in [-0.1, -0.05) is 6.92 Å². The largest absolute Gasteiger partial charge is 0.492 e. The molecule has 0 radical (unpaired) electrons. The average Bonchev–Trinajstić information content (AvgIpc) is 2.23. The smallest absolute Gasteiger partial charge is 0.232 e. The molecule has 0 saturated carbocycles. The van der Waals surface area contributed by atoms with Gasteiger partial charge in [-0.05, 0) is 18.6 Å². The maximum absolute atomic E-state index is 13.1. The highest BCUT2D eigenvalue weighted by atomic mass is 32.2. The van der Waals surface area contributed by atoms with E-state index in [1.165, 1.54) is 13.2 Å². The molecule has 0 unspecified atom stereocenters. The molecule has 0 heterocycles. The first-order chi connectivity index (χ1) is 7.91. The minimum absolute atomic E-state index is 0.00956. The van der Waals surface area contributed by atoms with Crippen molar-refractivity contribution in [2.45, 2.75) is 13.3 Å². The van der Waals surface area contributed by atoms with Gasteiger partial charge in [0.15, 0.2) is 5.75 Å². The zero-order valence-electron chi connectivity index (χ0n) is 9.66. The lowest BCUT2D eigenvalue weighted by Gasteiger charge is -2.13. The van der Waals surface area contributed by atoms with Gasteiger partial charge in [-0.2, -0.15) is 0 Å². The number of nitrogen functional groups attached to an aromatic ring is 1. The Morgan fingerprint density at radius 1 is 1.47 bits per heavy atom. The zero-order valence-corrected chi connectivity index (χ0v) is 10.5. The molecule has 0 aromatic heterocycles. The lowest BCUT2D eigenvalue weighted by molar-refractivity contribution is 0.416. The van der Waals surface area contributed by atoms with E-state index in [0.29, 0.717) is 6.42 Å². The van der Waals surface area contributed by atoms with Crippen LogP contribution in [0.3, 0.4) is 0 Å². The molecule has 0 aliphatic heterocycles. The average molecular weight is 262 g/mol. The Labute approximate surface area is 99.8 Å². The van der Waals surface area contributed by atoms with Crippen molar-refractivity contribution < 1.29 is 17.5 Å². The van der Waals surface area contributed by atoms with Crippen molar-refractivity contribution in [3.05, 3.63) is 17.9 Å². The van der Waals surface area contributed by atoms with Gasteiger partial charge >= 0.3 is 0 Å². The molecule has 0 amide bonds. The highest BCUT2D eigenvalue weighted by Gasteiger charge is 2.16. The number of hydrogen-bond acceptors (Lipinski definition) is 4. The van der Waals surface area contributed by atoms with Crippen LogP contribution < -0.4 is 15.2 Å². The Kier molecular flexibility index (Phi) is 4.17. The first-order valence-electron chi connectivity index (χ1n) is 5.03. The monoisotopic (exact) mass is 262 g/mol. The Morgan fingerprint density at radius 3 is 2.65 bits per heavy atom. The lowest BCUT2D eigenvalue weighted by Crippen LogP contribution is -2.17. The number of halogens is 1. The second-order valence-electron chi connectivity index (χ2n) is 3.46. The van der Waals surface area contributed by atoms with Crippen molar-refractivity contribution in [3.63, 3.8) is 0 Å². The molecule has 0 fully saturated rings. The predicted octanol–water partition coefficient (Wildman–Crippen LogP) is 1.57. The molecule has 1 aromatic rings. The van der Waals surface area contributed by atoms with Crippen LogP contribution >= 0.6 is 0 Å². The molecule has 1 aromatic carbocycles. The molecule has 0 atom stereocenters. The van der Waals surface area contributed by atoms with E-state index < -0.39 is 15.8 Å². The Hall–Kier alpha value is -1.50. The van der Waals surface area contributed by atoms with E-state index in [1.54, 1.807) is 6.92 Å². The Balaban J connectivity index is 3.12. The summed E-state index contributed by atoms with van der Waals surface area (Å²) in [5.74, 6) is -0.682. The van der Waals surface area contributed by atoms with Crippen LogP contribution in [0.1, 0.15) is 13.3 Å². The van der Waals surface area contributed by atoms with Gasteiger partial charge in [0.1, 0.15) is 11.5 Å². The van der Waals surface area contributed by atoms with E-state index in [2.05, 4.69) is 4.72 Å². The topological polar surface area (TPSA) is 81.4 Å². The summed E-state index contributed by atoms with van der Waals surface area (Å²) < 4.78 is 43.5. The van der Waals surface area contributed by atoms with E-state index in [1.807, 2.05) is 0 Å². The number of rotatable bonds is 5. The third-order valence-electron chi connectivity index (χ3n) is 2.09. The Morgan fingerprint density at radius 2 is 2.12 bits per heavy atom. The van der Waals surface area contributed by atoms with Gasteiger partial charge < -0.3 is 10.5 Å². The molecule has 96 valence electrons. The summed E-state index contributed by atoms with van der Waals surface area (Å²) in [5, 5.41) is 0. The fourth-order valence-electron chi connectivity index (χ4n) is 1.36. The second-order valence-corrected chi connectivity index (χ2v) is 5.30. The number of hydrogen-bond donors (Lipinski definition) is 2. The first kappa shape index (κ1) is 13.6. The van der Waals surface area contributed by atoms with Crippen molar-refractivity contribution in [3.8, 4) is 5.75 Å². The van der Waals surface area contributed by atoms with E-state index in [9.17, 15) is 12.8 Å². The van der Waals surface area contributed by atoms with Gasteiger partial charge in [0.25, 0.3) is 0 Å². The SMILES string of the molecule is CCCS(=O)(=O)Nc1ccc(F)c(N)c1OC. The lowest BCUT2D eigenvalue weighted by atomic mass is 10.2. The second kappa shape index (κ2) is 5.22. The van der Waals surface area contributed by atoms with E-state index >= 15 is 0 Å². The molecule has 0 aliphatic carbocycles. The van der Waals surface area contributed by atoms with Crippen LogP contribution in [0.2, 0.25) is 0 Å². The maximum Gasteiger partial charge on any atom is 0.232 e. The Bertz CT molecular complexity index is 503. The molecule has 0 bridgehead atoms. The summed E-state index contributed by atoms with van der Waals surface area (Å²) >= 11 is 0. The third kappa shape index (κ3) is 3.23. The van der Waals surface area contributed by atoms with E-state index in [-0.39, 0.29) is 22.9 Å². The van der Waals surface area contributed by atoms with Crippen molar-refractivity contribution in [2.75, 3.05) is 23.3 Å². The van der Waals surface area contributed by atoms with Crippen LogP contribution in [0.4, 0.5) is 15.8 Å². The van der Waals surface area contributed by atoms with Gasteiger partial charge in [0.05, 0.1) is 18.6 Å². The summed E-state index contributed by atoms with van der Waals surface area (Å²) in [6.45, 7) is 1.75. The minimum atomic E-state index is -3.45. The number of nitrogens with one attached hydrogen (secondary N) is 1. The quantitative estimate of drug-likeness (QED) is 0.789. The molecule has 0 aliphatic rings. The molecular formula is C10H15FN2O3S. The molecule has 0 spiro atoms. The first-order valence-corrected chi connectivity index (χ1v) is 6.69. The summed E-state index contributed by atoms with van der Waals surface area (Å²) in [4.78, 5) is 0. The van der Waals surface area contributed by atoms with E-state index in [0.717, 1.165) is 6.07 Å². The molecule has 17 heavy (non-hydrogen) atoms. The van der Waals surface area contributed by atoms with Crippen LogP contribution in [0.15, 0.2) is 12.1 Å². The molecular weight excluding hydrogens is 247 g/mol. The predicted molar refractivity (Wildman–Crippen MR) is 65.1 cm³/mol. The van der Waals surface area contributed by atoms with Gasteiger partial charge in [-0.3, -0.25) is 4.72 Å². The van der Waals surface area contributed by atoms with Gasteiger partial charge in [-0.25, -0.2) is 12.8 Å². The minimum Gasteiger partial charge on any atom is -0.492 e. The normalized spacial score (nSPS) is 11.2. The molecule has 0 saturated heterocycles. The summed E-state index contributed by atoms with van der Waals surface area (Å²) in [7, 11) is -2.16. The molecule has 7 heteroatoms. The standard InChI is InChI=1S/C10H15FN2O3S/c1-3-6-17(14,15)13-8-5-4-7(11)9(12)10(8)16-2/h4-5,13H,3,6,12H2,1-2H3. The summed E-state index contributed by atoms with van der Waals surface area (Å²) in [6, 6.07) is 2.36. The number of sulfonamides is 1. The number of nitrogens with two attached hydrogens (primary N) is 1. The third-order valence-corrected chi connectivity index (χ3v) is 3.56. The van der Waals surface area contributed by atoms with Crippen molar-refractivity contribution in [2.24, 2.45) is 0 Å². The van der Waals surface area contributed by atoms with Crippen molar-refractivity contribution in [1.29, 1.82) is 0 Å². The van der Waals surface area contributed by atoms with Crippen LogP contribution in [0.5, 0.6) is 5.75 Å². The molecule has 1 rings (SSSR count). The van der Waals surface area contributed by atoms with Gasteiger partial charge in [0, 0.05) is 0 Å². The van der Waals surface area contributed by atoms with Crippen LogP contribution in [0, 0.1) is 5.82 Å². The van der Waals surface area contributed by atoms with Gasteiger partial charge in [0.2, 0.25) is 10.0 Å². The summed E-state index contributed by atoms with van der Waals surface area (Å²) in [5.41, 5.74) is 5.37. The summed E-state index contributed by atoms with van der Waals surface area (Å²) in [6.07, 6.45) is 0.480. The zero-order chi connectivity index (χ0) is 13.1. The fourth-order valence-corrected chi connectivity index (χ4v) is 2.50. The van der Waals surface area contributed by atoms with Crippen LogP contribution in [-0.2, 0) is 10.0 Å². The molecule has 5 nitrogen and oxygen atoms in total. The highest BCUT2D eigenvalue weighted by molar-refractivity contribution is 7.92. The highest BCUT2D eigenvalue weighted by Crippen LogP contribution is 2.33. The fraction of sp³-hybridized carbons (Fsp3) is 0.400. The number of anilines is 2. The number of ether oxygens (including phenoxy) is 1. The van der Waals surface area contributed by atoms with Crippen LogP contribution in [-0.4, -0.2) is 21.3 Å². The number of methoxy groups -OCH3 is 1. The van der Waals surface area contributed by atoms with E-state index in [4.69, 9.17) is 10.5 Å². The number of benzene rings is 1. The molecule has 3 N–H and O–H groups in total. The van der Waals surface area contributed by atoms with Gasteiger partial charge in [-0.15, -0.1) is 0 Å². The van der Waals surface area contributed by atoms with Crippen molar-refractivity contribution in [1.82, 2.24) is 0 Å². The van der Waals surface area contributed by atoms with Crippen LogP contribution in [0.25, 0.3) is 0 Å². The maximum atomic E-state index is 13.1.